The van der Waals surface area contributed by atoms with Gasteiger partial charge in [0.05, 0.1) is 12.2 Å². The van der Waals surface area contributed by atoms with Crippen LogP contribution in [-0.4, -0.2) is 70.1 Å². The smallest absolute Gasteiger partial charge is 0.357 e. The maximum absolute atomic E-state index is 12.9. The average molecular weight is 524 g/mol. The Bertz CT molecular complexity index is 827. The van der Waals surface area contributed by atoms with E-state index in [2.05, 4.69) is 15.3 Å². The zero-order chi connectivity index (χ0) is 20.3. The van der Waals surface area contributed by atoms with Gasteiger partial charge in [-0.15, -0.1) is 24.0 Å². The van der Waals surface area contributed by atoms with E-state index in [0.29, 0.717) is 39.3 Å². The first-order valence-electron chi connectivity index (χ1n) is 9.57. The van der Waals surface area contributed by atoms with Crippen LogP contribution in [0.3, 0.4) is 0 Å². The van der Waals surface area contributed by atoms with Gasteiger partial charge in [-0.25, -0.2) is 9.98 Å². The van der Waals surface area contributed by atoms with Gasteiger partial charge in [-0.2, -0.15) is 13.2 Å². The van der Waals surface area contributed by atoms with E-state index in [1.807, 2.05) is 47.5 Å². The van der Waals surface area contributed by atoms with E-state index in [-0.39, 0.29) is 24.0 Å². The molecule has 0 spiro atoms. The summed E-state index contributed by atoms with van der Waals surface area (Å²) in [5.41, 5.74) is 2.83. The number of pyridine rings is 1. The topological polar surface area (TPSA) is 48.2 Å². The van der Waals surface area contributed by atoms with Crippen LogP contribution in [0.25, 0.3) is 5.65 Å². The molecule has 0 aliphatic carbocycles. The second-order valence-corrected chi connectivity index (χ2v) is 7.04. The summed E-state index contributed by atoms with van der Waals surface area (Å²) in [5.74, 6) is 0.718. The molecular weight excluding hydrogens is 496 g/mol. The molecule has 1 fully saturated rings. The molecule has 1 aliphatic heterocycles. The zero-order valence-corrected chi connectivity index (χ0v) is 19.2. The number of nitrogens with zero attached hydrogens (tertiary/aromatic N) is 5. The van der Waals surface area contributed by atoms with Crippen LogP contribution in [0.15, 0.2) is 29.4 Å². The Morgan fingerprint density at radius 2 is 1.93 bits per heavy atom. The molecule has 0 bridgehead atoms. The van der Waals surface area contributed by atoms with Crippen molar-refractivity contribution < 1.29 is 13.2 Å². The molecule has 3 heterocycles. The predicted molar refractivity (Wildman–Crippen MR) is 119 cm³/mol. The van der Waals surface area contributed by atoms with Gasteiger partial charge in [0.2, 0.25) is 0 Å². The maximum Gasteiger partial charge on any atom is 0.403 e. The molecule has 10 heteroatoms. The molecule has 2 aromatic rings. The number of imidazole rings is 1. The average Bonchev–Trinajstić information content (AvgIpc) is 3.08. The number of hydrogen-bond donors (Lipinski definition) is 1. The summed E-state index contributed by atoms with van der Waals surface area (Å²) < 4.78 is 40.8. The monoisotopic (exact) mass is 524 g/mol. The van der Waals surface area contributed by atoms with Crippen LogP contribution in [-0.2, 0) is 6.54 Å². The van der Waals surface area contributed by atoms with Crippen molar-refractivity contribution in [2.45, 2.75) is 39.5 Å². The fraction of sp³-hybridized carbons (Fsp3) is 0.579. The highest BCUT2D eigenvalue weighted by molar-refractivity contribution is 14.0. The van der Waals surface area contributed by atoms with Gasteiger partial charge in [-0.05, 0) is 32.9 Å². The van der Waals surface area contributed by atoms with Gasteiger partial charge in [0.15, 0.2) is 5.96 Å². The molecule has 3 rings (SSSR count). The number of hydrogen-bond acceptors (Lipinski definition) is 3. The largest absolute Gasteiger partial charge is 0.403 e. The van der Waals surface area contributed by atoms with Crippen LogP contribution in [0, 0.1) is 6.92 Å². The normalized spacial score (nSPS) is 17.3. The summed E-state index contributed by atoms with van der Waals surface area (Å²) in [6.07, 6.45) is -2.22. The molecule has 1 atom stereocenters. The molecule has 1 unspecified atom stereocenters. The second-order valence-electron chi connectivity index (χ2n) is 7.04. The number of alkyl halides is 3. The van der Waals surface area contributed by atoms with Gasteiger partial charge in [-0.3, -0.25) is 4.90 Å². The number of aryl methyl sites for hydroxylation is 1. The molecule has 0 saturated carbocycles. The van der Waals surface area contributed by atoms with Crippen molar-refractivity contribution in [1.82, 2.24) is 24.5 Å². The molecule has 0 amide bonds. The molecule has 1 saturated heterocycles. The van der Waals surface area contributed by atoms with Crippen molar-refractivity contribution in [2.75, 3.05) is 32.7 Å². The molecule has 0 aromatic carbocycles. The summed E-state index contributed by atoms with van der Waals surface area (Å²) in [4.78, 5) is 12.8. The van der Waals surface area contributed by atoms with E-state index in [1.165, 1.54) is 11.8 Å². The van der Waals surface area contributed by atoms with Gasteiger partial charge < -0.3 is 14.6 Å². The maximum atomic E-state index is 12.9. The molecule has 0 radical (unpaired) electrons. The highest BCUT2D eigenvalue weighted by Crippen LogP contribution is 2.25. The lowest BCUT2D eigenvalue weighted by Gasteiger charge is -2.39. The molecular formula is C19H28F3IN6. The van der Waals surface area contributed by atoms with Gasteiger partial charge in [0.1, 0.15) is 11.7 Å². The van der Waals surface area contributed by atoms with Gasteiger partial charge in [0.25, 0.3) is 0 Å². The lowest BCUT2D eigenvalue weighted by Crippen LogP contribution is -2.56. The third-order valence-corrected chi connectivity index (χ3v) is 5.11. The first-order chi connectivity index (χ1) is 13.3. The fourth-order valence-corrected chi connectivity index (χ4v) is 3.38. The van der Waals surface area contributed by atoms with Gasteiger partial charge in [0, 0.05) is 44.6 Å². The second kappa shape index (κ2) is 9.96. The highest BCUT2D eigenvalue weighted by Gasteiger charge is 2.41. The van der Waals surface area contributed by atoms with Crippen LogP contribution in [0.4, 0.5) is 13.2 Å². The lowest BCUT2D eigenvalue weighted by molar-refractivity contribution is -0.181. The summed E-state index contributed by atoms with van der Waals surface area (Å²) in [6, 6.07) is 4.52. The molecule has 1 aliphatic rings. The number of halogens is 4. The Morgan fingerprint density at radius 1 is 1.24 bits per heavy atom. The lowest BCUT2D eigenvalue weighted by atomic mass is 10.2. The Kier molecular flexibility index (Phi) is 8.15. The summed E-state index contributed by atoms with van der Waals surface area (Å²) in [6.45, 7) is 8.08. The molecule has 29 heavy (non-hydrogen) atoms. The molecule has 6 nitrogen and oxygen atoms in total. The van der Waals surface area contributed by atoms with Crippen LogP contribution >= 0.6 is 24.0 Å². The zero-order valence-electron chi connectivity index (χ0n) is 16.9. The van der Waals surface area contributed by atoms with Crippen molar-refractivity contribution in [3.05, 3.63) is 35.8 Å². The Morgan fingerprint density at radius 3 is 2.52 bits per heavy atom. The number of aromatic nitrogens is 2. The first-order valence-corrected chi connectivity index (χ1v) is 9.57. The van der Waals surface area contributed by atoms with Crippen molar-refractivity contribution >= 4 is 35.6 Å². The minimum atomic E-state index is -4.19. The summed E-state index contributed by atoms with van der Waals surface area (Å²) in [5, 5.41) is 3.24. The third kappa shape index (κ3) is 5.74. The third-order valence-electron chi connectivity index (χ3n) is 5.11. The number of piperazine rings is 1. The van der Waals surface area contributed by atoms with E-state index >= 15 is 0 Å². The first kappa shape index (κ1) is 23.7. The van der Waals surface area contributed by atoms with E-state index in [9.17, 15) is 13.2 Å². The van der Waals surface area contributed by atoms with Crippen molar-refractivity contribution in [2.24, 2.45) is 4.99 Å². The number of aliphatic imine (C=N–C) groups is 1. The van der Waals surface area contributed by atoms with Crippen molar-refractivity contribution in [3.8, 4) is 0 Å². The van der Waals surface area contributed by atoms with Crippen molar-refractivity contribution in [1.29, 1.82) is 0 Å². The van der Waals surface area contributed by atoms with E-state index in [4.69, 9.17) is 0 Å². The Labute approximate surface area is 186 Å². The summed E-state index contributed by atoms with van der Waals surface area (Å²) in [7, 11) is 0. The fourth-order valence-electron chi connectivity index (χ4n) is 3.38. The van der Waals surface area contributed by atoms with Gasteiger partial charge in [-0.1, -0.05) is 6.07 Å². The number of nitrogens with one attached hydrogen (secondary N) is 1. The number of fused-ring (bicyclic) bond motifs is 1. The predicted octanol–water partition coefficient (Wildman–Crippen LogP) is 3.29. The van der Waals surface area contributed by atoms with E-state index in [1.54, 1.807) is 0 Å². The van der Waals surface area contributed by atoms with E-state index in [0.717, 1.165) is 23.0 Å². The molecule has 1 N–H and O–H groups in total. The Balaban J connectivity index is 0.00000300. The number of rotatable bonds is 4. The quantitative estimate of drug-likeness (QED) is 0.379. The minimum Gasteiger partial charge on any atom is -0.357 e. The van der Waals surface area contributed by atoms with Crippen LogP contribution in [0.1, 0.15) is 25.2 Å². The highest BCUT2D eigenvalue weighted by atomic mass is 127. The van der Waals surface area contributed by atoms with Crippen LogP contribution in [0.5, 0.6) is 0 Å². The summed E-state index contributed by atoms with van der Waals surface area (Å²) >= 11 is 0. The van der Waals surface area contributed by atoms with Gasteiger partial charge >= 0.3 is 6.18 Å². The van der Waals surface area contributed by atoms with Crippen LogP contribution < -0.4 is 5.32 Å². The standard InChI is InChI=1S/C19H27F3N6.HI/c1-4-23-18(27-10-8-26(9-11-27)15(3)19(20,21)22)24-12-16-13-28-14(2)6-5-7-17(28)25-16;/h5-7,13,15H,4,8-12H2,1-3H3,(H,23,24);1H. The minimum absolute atomic E-state index is 0. The molecule has 162 valence electrons. The van der Waals surface area contributed by atoms with E-state index < -0.39 is 12.2 Å². The SMILES string of the molecule is CCNC(=NCc1cn2c(C)cccc2n1)N1CCN(C(C)C(F)(F)F)CC1.I. The number of guanidine groups is 1. The van der Waals surface area contributed by atoms with Crippen LogP contribution in [0.2, 0.25) is 0 Å². The van der Waals surface area contributed by atoms with Crippen molar-refractivity contribution in [3.63, 3.8) is 0 Å². The Hall–Kier alpha value is -1.56. The molecule has 2 aromatic heterocycles.